The van der Waals surface area contributed by atoms with Crippen LogP contribution in [0.2, 0.25) is 0 Å². The molecule has 3 rings (SSSR count). The van der Waals surface area contributed by atoms with Gasteiger partial charge in [0.1, 0.15) is 5.76 Å². The normalized spacial score (nSPS) is 11.7. The predicted octanol–water partition coefficient (Wildman–Crippen LogP) is 4.85. The molecule has 0 unspecified atom stereocenters. The second-order valence-electron chi connectivity index (χ2n) is 6.51. The molecule has 0 aliphatic rings. The Morgan fingerprint density at radius 3 is 2.29 bits per heavy atom. The first kappa shape index (κ1) is 20.4. The largest absolute Gasteiger partial charge is 0.468 e. The molecule has 0 spiro atoms. The smallest absolute Gasteiger partial charge is 0.165 e. The summed E-state index contributed by atoms with van der Waals surface area (Å²) in [7, 11) is 0. The van der Waals surface area contributed by atoms with Crippen molar-refractivity contribution >= 4 is 34.8 Å². The molecular formula is C23H23NO2S2. The summed E-state index contributed by atoms with van der Waals surface area (Å²) in [6.07, 6.45) is 2.91. The highest BCUT2D eigenvalue weighted by Gasteiger charge is 2.20. The summed E-state index contributed by atoms with van der Waals surface area (Å²) in [5, 5.41) is 3.30. The Labute approximate surface area is 175 Å². The number of thioether (sulfide) groups is 1. The number of thiocarbonyl (C=S) groups is 1. The van der Waals surface area contributed by atoms with Gasteiger partial charge in [-0.25, -0.2) is 0 Å². The molecule has 1 aromatic heterocycles. The summed E-state index contributed by atoms with van der Waals surface area (Å²) < 4.78 is 5.33. The van der Waals surface area contributed by atoms with Crippen molar-refractivity contribution in [2.75, 3.05) is 5.75 Å². The number of ketones is 1. The van der Waals surface area contributed by atoms with E-state index in [1.807, 2.05) is 72.8 Å². The van der Waals surface area contributed by atoms with Crippen LogP contribution in [-0.2, 0) is 23.4 Å². The quantitative estimate of drug-likeness (QED) is 0.485. The fourth-order valence-electron chi connectivity index (χ4n) is 2.87. The molecule has 1 atom stereocenters. The Morgan fingerprint density at radius 1 is 0.964 bits per heavy atom. The molecule has 0 aliphatic carbocycles. The number of carbonyl (C=O) groups excluding carboxylic acids is 1. The third-order valence-corrected chi connectivity index (χ3v) is 5.52. The fraction of sp³-hybridized carbons (Fsp3) is 0.217. The third-order valence-electron chi connectivity index (χ3n) is 4.28. The highest BCUT2D eigenvalue weighted by atomic mass is 32.2. The maximum Gasteiger partial charge on any atom is 0.165 e. The highest BCUT2D eigenvalue weighted by Crippen LogP contribution is 2.14. The van der Waals surface area contributed by atoms with E-state index in [1.54, 1.807) is 18.0 Å². The van der Waals surface area contributed by atoms with E-state index in [-0.39, 0.29) is 11.8 Å². The first-order valence-electron chi connectivity index (χ1n) is 9.21. The Morgan fingerprint density at radius 2 is 1.64 bits per heavy atom. The van der Waals surface area contributed by atoms with Crippen LogP contribution in [0, 0.1) is 0 Å². The van der Waals surface area contributed by atoms with Gasteiger partial charge in [-0.2, -0.15) is 0 Å². The average Bonchev–Trinajstić information content (AvgIpc) is 3.22. The van der Waals surface area contributed by atoms with E-state index in [2.05, 4.69) is 5.32 Å². The molecule has 0 amide bonds. The fourth-order valence-corrected chi connectivity index (χ4v) is 4.05. The molecule has 0 bridgehead atoms. The van der Waals surface area contributed by atoms with Crippen LogP contribution in [0.5, 0.6) is 0 Å². The van der Waals surface area contributed by atoms with Crippen LogP contribution in [0.1, 0.15) is 16.9 Å². The summed E-state index contributed by atoms with van der Waals surface area (Å²) in [5.74, 6) is 2.13. The van der Waals surface area contributed by atoms with E-state index in [9.17, 15) is 4.79 Å². The minimum Gasteiger partial charge on any atom is -0.468 e. The number of carbonyl (C=O) groups is 1. The Bertz CT molecular complexity index is 864. The number of nitrogens with one attached hydrogen (secondary N) is 1. The van der Waals surface area contributed by atoms with Crippen LogP contribution >= 0.6 is 24.0 Å². The summed E-state index contributed by atoms with van der Waals surface area (Å²) in [5.41, 5.74) is 2.25. The molecule has 2 aromatic carbocycles. The zero-order valence-electron chi connectivity index (χ0n) is 15.5. The lowest BCUT2D eigenvalue weighted by atomic mass is 10.0. The third kappa shape index (κ3) is 6.66. The van der Waals surface area contributed by atoms with Gasteiger partial charge in [0.05, 0.1) is 28.8 Å². The lowest BCUT2D eigenvalue weighted by Gasteiger charge is -2.19. The van der Waals surface area contributed by atoms with Crippen molar-refractivity contribution in [2.24, 2.45) is 0 Å². The van der Waals surface area contributed by atoms with E-state index in [4.69, 9.17) is 16.6 Å². The summed E-state index contributed by atoms with van der Waals surface area (Å²) in [6.45, 7) is 0. The van der Waals surface area contributed by atoms with Crippen molar-refractivity contribution in [2.45, 2.75) is 24.6 Å². The zero-order chi connectivity index (χ0) is 19.6. The number of benzene rings is 2. The molecule has 3 aromatic rings. The van der Waals surface area contributed by atoms with E-state index in [1.165, 1.54) is 0 Å². The maximum absolute atomic E-state index is 12.9. The molecule has 0 saturated heterocycles. The van der Waals surface area contributed by atoms with Crippen LogP contribution in [0.25, 0.3) is 0 Å². The van der Waals surface area contributed by atoms with Crippen molar-refractivity contribution < 1.29 is 9.21 Å². The number of rotatable bonds is 10. The van der Waals surface area contributed by atoms with Gasteiger partial charge in [0, 0.05) is 6.42 Å². The van der Waals surface area contributed by atoms with Crippen LogP contribution in [0.4, 0.5) is 0 Å². The molecule has 0 fully saturated rings. The first-order valence-corrected chi connectivity index (χ1v) is 10.8. The molecule has 1 N–H and O–H groups in total. The number of hydrogen-bond acceptors (Lipinski definition) is 4. The average molecular weight is 410 g/mol. The van der Waals surface area contributed by atoms with E-state index in [0.29, 0.717) is 29.3 Å². The van der Waals surface area contributed by atoms with Gasteiger partial charge >= 0.3 is 0 Å². The topological polar surface area (TPSA) is 42.2 Å². The molecule has 28 heavy (non-hydrogen) atoms. The van der Waals surface area contributed by atoms with Gasteiger partial charge in [-0.1, -0.05) is 72.9 Å². The second kappa shape index (κ2) is 10.8. The van der Waals surface area contributed by atoms with Crippen molar-refractivity contribution in [3.63, 3.8) is 0 Å². The molecule has 1 heterocycles. The predicted molar refractivity (Wildman–Crippen MR) is 120 cm³/mol. The monoisotopic (exact) mass is 409 g/mol. The van der Waals surface area contributed by atoms with Gasteiger partial charge in [-0.05, 0) is 29.7 Å². The van der Waals surface area contributed by atoms with Crippen LogP contribution in [0.3, 0.4) is 0 Å². The van der Waals surface area contributed by atoms with Crippen LogP contribution in [-0.4, -0.2) is 22.6 Å². The summed E-state index contributed by atoms with van der Waals surface area (Å²) in [6, 6.07) is 23.6. The van der Waals surface area contributed by atoms with E-state index >= 15 is 0 Å². The standard InChI is InChI=1S/C23H23NO2S2/c25-22(17-28-16-20-12-7-13-26-20)21(14-18-8-3-1-4-9-18)24-23(27)15-19-10-5-2-6-11-19/h1-13,21H,14-17H2,(H,24,27)/t21-/m0/s1. The highest BCUT2D eigenvalue weighted by molar-refractivity contribution is 7.99. The van der Waals surface area contributed by atoms with Crippen molar-refractivity contribution in [1.29, 1.82) is 0 Å². The van der Waals surface area contributed by atoms with Crippen molar-refractivity contribution in [1.82, 2.24) is 5.32 Å². The molecule has 5 heteroatoms. The number of Topliss-reactive ketones (excluding diaryl/α,β-unsaturated/α-hetero) is 1. The zero-order valence-corrected chi connectivity index (χ0v) is 17.2. The molecule has 0 saturated carbocycles. The first-order chi connectivity index (χ1) is 13.7. The lowest BCUT2D eigenvalue weighted by Crippen LogP contribution is -2.43. The van der Waals surface area contributed by atoms with E-state index in [0.717, 1.165) is 16.9 Å². The second-order valence-corrected chi connectivity index (χ2v) is 7.99. The van der Waals surface area contributed by atoms with Gasteiger partial charge in [-0.15, -0.1) is 11.8 Å². The number of furan rings is 1. The molecule has 0 radical (unpaired) electrons. The summed E-state index contributed by atoms with van der Waals surface area (Å²) in [4.78, 5) is 13.6. The molecule has 144 valence electrons. The minimum atomic E-state index is -0.331. The number of hydrogen-bond donors (Lipinski definition) is 1. The minimum absolute atomic E-state index is 0.149. The lowest BCUT2D eigenvalue weighted by molar-refractivity contribution is -0.118. The van der Waals surface area contributed by atoms with Gasteiger partial charge in [0.2, 0.25) is 0 Å². The van der Waals surface area contributed by atoms with Crippen LogP contribution < -0.4 is 5.32 Å². The van der Waals surface area contributed by atoms with Crippen molar-refractivity contribution in [3.05, 3.63) is 95.9 Å². The van der Waals surface area contributed by atoms with E-state index < -0.39 is 0 Å². The Kier molecular flexibility index (Phi) is 7.88. The Balaban J connectivity index is 1.60. The molecule has 0 aliphatic heterocycles. The summed E-state index contributed by atoms with van der Waals surface area (Å²) >= 11 is 7.10. The van der Waals surface area contributed by atoms with Crippen LogP contribution in [0.15, 0.2) is 83.5 Å². The Hall–Kier alpha value is -2.37. The maximum atomic E-state index is 12.9. The van der Waals surface area contributed by atoms with Gasteiger partial charge < -0.3 is 9.73 Å². The van der Waals surface area contributed by atoms with Crippen molar-refractivity contribution in [3.8, 4) is 0 Å². The van der Waals surface area contributed by atoms with Gasteiger partial charge in [-0.3, -0.25) is 4.79 Å². The van der Waals surface area contributed by atoms with Gasteiger partial charge in [0.15, 0.2) is 5.78 Å². The molecule has 3 nitrogen and oxygen atoms in total. The van der Waals surface area contributed by atoms with Gasteiger partial charge in [0.25, 0.3) is 0 Å². The molecular weight excluding hydrogens is 386 g/mol. The SMILES string of the molecule is O=C(CSCc1ccco1)[C@H](Cc1ccccc1)NC(=S)Cc1ccccc1.